The maximum absolute atomic E-state index is 12.9. The Morgan fingerprint density at radius 3 is 1.04 bits per heavy atom. The van der Waals surface area contributed by atoms with Crippen molar-refractivity contribution in [3.05, 3.63) is 0 Å². The molecule has 0 bridgehead atoms. The first-order valence-electron chi connectivity index (χ1n) is 28.5. The van der Waals surface area contributed by atoms with Crippen LogP contribution in [0.15, 0.2) is 0 Å². The Bertz CT molecular complexity index is 1470. The average Bonchev–Trinajstić information content (AvgIpc) is 3.35. The molecule has 17 nitrogen and oxygen atoms in total. The first-order valence-corrected chi connectivity index (χ1v) is 31.5. The van der Waals surface area contributed by atoms with E-state index in [0.717, 1.165) is 121 Å². The Balaban J connectivity index is 5.19. The summed E-state index contributed by atoms with van der Waals surface area (Å²) in [5.74, 6) is -0.718. The molecule has 3 N–H and O–H groups in total. The average molecular weight is 1090 g/mol. The summed E-state index contributed by atoms with van der Waals surface area (Å²) in [7, 11) is -9.85. The predicted molar refractivity (Wildman–Crippen MR) is 285 cm³/mol. The van der Waals surface area contributed by atoms with E-state index in [-0.39, 0.29) is 25.7 Å². The quantitative estimate of drug-likeness (QED) is 0.0222. The van der Waals surface area contributed by atoms with E-state index in [4.69, 9.17) is 37.0 Å². The maximum atomic E-state index is 12.9. The minimum Gasteiger partial charge on any atom is -0.462 e. The van der Waals surface area contributed by atoms with Gasteiger partial charge in [-0.2, -0.15) is 0 Å². The second-order valence-corrected chi connectivity index (χ2v) is 23.2. The summed E-state index contributed by atoms with van der Waals surface area (Å²) in [6, 6.07) is 0. The number of unbranched alkanes of at least 4 members (excludes halogenated alkanes) is 22. The molecule has 6 atom stereocenters. The molecule has 0 aliphatic rings. The van der Waals surface area contributed by atoms with Crippen molar-refractivity contribution in [2.75, 3.05) is 39.6 Å². The summed E-state index contributed by atoms with van der Waals surface area (Å²) in [6.45, 7) is 9.19. The first-order chi connectivity index (χ1) is 34.9. The highest BCUT2D eigenvalue weighted by molar-refractivity contribution is 7.47. The summed E-state index contributed by atoms with van der Waals surface area (Å²) in [5, 5.41) is 10.4. The van der Waals surface area contributed by atoms with Crippen LogP contribution in [0.4, 0.5) is 0 Å². The largest absolute Gasteiger partial charge is 0.472 e. The molecule has 0 aromatic rings. The smallest absolute Gasteiger partial charge is 0.462 e. The van der Waals surface area contributed by atoms with Gasteiger partial charge >= 0.3 is 39.5 Å². The molecule has 73 heavy (non-hydrogen) atoms. The van der Waals surface area contributed by atoms with Crippen LogP contribution < -0.4 is 0 Å². The number of phosphoric ester groups is 2. The fraction of sp³-hybridized carbons (Fsp3) is 0.926. The SMILES string of the molecule is CCCCCCCCCC(=O)O[C@H](COC(=O)CCCCCCC)COP(=O)(O)OC[C@H](O)COP(=O)(O)OC[C@@H](COC(=O)CCCCCCCCC(C)C)OC(=O)CCCCCCCCCCC(C)CC. The standard InChI is InChI=1S/C54H104O17P2/c1-7-10-12-14-17-26-32-38-53(58)70-49(42-64-51(56)36-30-22-13-11-8-2)44-68-72(60,61)66-40-48(55)41-67-73(62,63)69-45-50(43-65-52(57)37-31-25-21-20-23-28-34-46(4)5)71-54(59)39-33-27-19-16-15-18-24-29-35-47(6)9-3/h46-50,55H,7-45H2,1-6H3,(H,60,61)(H,62,63)/t47?,48-,49+,50+/m0/s1. The molecule has 0 rings (SSSR count). The van der Waals surface area contributed by atoms with E-state index in [9.17, 15) is 43.2 Å². The van der Waals surface area contributed by atoms with Gasteiger partial charge in [0.1, 0.15) is 19.3 Å². The first kappa shape index (κ1) is 71.1. The Kier molecular flexibility index (Phi) is 46.0. The lowest BCUT2D eigenvalue weighted by atomic mass is 9.99. The molecule has 0 aromatic heterocycles. The van der Waals surface area contributed by atoms with Crippen molar-refractivity contribution in [1.82, 2.24) is 0 Å². The van der Waals surface area contributed by atoms with Crippen molar-refractivity contribution < 1.29 is 80.2 Å². The summed E-state index contributed by atoms with van der Waals surface area (Å²) in [5.41, 5.74) is 0. The zero-order valence-corrected chi connectivity index (χ0v) is 48.2. The van der Waals surface area contributed by atoms with E-state index in [1.165, 1.54) is 44.9 Å². The van der Waals surface area contributed by atoms with Gasteiger partial charge in [-0.1, -0.05) is 202 Å². The number of carbonyl (C=O) groups is 4. The van der Waals surface area contributed by atoms with Gasteiger partial charge in [0.2, 0.25) is 0 Å². The molecule has 0 saturated heterocycles. The lowest BCUT2D eigenvalue weighted by Crippen LogP contribution is -2.30. The molecule has 3 unspecified atom stereocenters. The lowest BCUT2D eigenvalue weighted by Gasteiger charge is -2.21. The van der Waals surface area contributed by atoms with Crippen molar-refractivity contribution in [2.45, 2.75) is 272 Å². The molecule has 432 valence electrons. The second kappa shape index (κ2) is 47.3. The highest BCUT2D eigenvalue weighted by Gasteiger charge is 2.30. The zero-order chi connectivity index (χ0) is 54.4. The van der Waals surface area contributed by atoms with E-state index in [1.807, 2.05) is 0 Å². The summed E-state index contributed by atoms with van der Waals surface area (Å²) in [6.07, 6.45) is 25.8. The van der Waals surface area contributed by atoms with Gasteiger partial charge in [0.25, 0.3) is 0 Å². The molecule has 0 aliphatic heterocycles. The molecule has 0 saturated carbocycles. The molecular weight excluding hydrogens is 983 g/mol. The molecule has 0 heterocycles. The number of esters is 4. The second-order valence-electron chi connectivity index (χ2n) is 20.3. The van der Waals surface area contributed by atoms with E-state index in [2.05, 4.69) is 41.5 Å². The zero-order valence-electron chi connectivity index (χ0n) is 46.4. The third-order valence-corrected chi connectivity index (χ3v) is 14.5. The fourth-order valence-corrected chi connectivity index (χ4v) is 9.31. The number of phosphoric acid groups is 2. The number of carbonyl (C=O) groups excluding carboxylic acids is 4. The number of aliphatic hydroxyl groups is 1. The van der Waals surface area contributed by atoms with Crippen LogP contribution in [0.25, 0.3) is 0 Å². The molecule has 0 radical (unpaired) electrons. The van der Waals surface area contributed by atoms with Crippen molar-refractivity contribution in [3.8, 4) is 0 Å². The third-order valence-electron chi connectivity index (χ3n) is 12.6. The summed E-state index contributed by atoms with van der Waals surface area (Å²) in [4.78, 5) is 71.3. The molecule has 0 spiro atoms. The van der Waals surface area contributed by atoms with E-state index >= 15 is 0 Å². The van der Waals surface area contributed by atoms with Gasteiger partial charge < -0.3 is 33.8 Å². The van der Waals surface area contributed by atoms with Crippen molar-refractivity contribution >= 4 is 39.5 Å². The molecule has 0 aliphatic carbocycles. The number of hydrogen-bond acceptors (Lipinski definition) is 15. The lowest BCUT2D eigenvalue weighted by molar-refractivity contribution is -0.161. The molecular formula is C54H104O17P2. The van der Waals surface area contributed by atoms with Crippen LogP contribution in [0.1, 0.15) is 253 Å². The van der Waals surface area contributed by atoms with E-state index < -0.39 is 97.5 Å². The predicted octanol–water partition coefficient (Wildman–Crippen LogP) is 13.7. The van der Waals surface area contributed by atoms with Crippen LogP contribution >= 0.6 is 15.6 Å². The van der Waals surface area contributed by atoms with Crippen molar-refractivity contribution in [1.29, 1.82) is 0 Å². The number of ether oxygens (including phenoxy) is 4. The van der Waals surface area contributed by atoms with Crippen LogP contribution in [0.3, 0.4) is 0 Å². The van der Waals surface area contributed by atoms with Crippen LogP contribution in [-0.4, -0.2) is 96.7 Å². The minimum absolute atomic E-state index is 0.102. The van der Waals surface area contributed by atoms with E-state index in [0.29, 0.717) is 31.6 Å². The third kappa shape index (κ3) is 48.2. The topological polar surface area (TPSA) is 237 Å². The number of rotatable bonds is 53. The van der Waals surface area contributed by atoms with Gasteiger partial charge in [0.05, 0.1) is 26.4 Å². The Morgan fingerprint density at radius 1 is 0.397 bits per heavy atom. The van der Waals surface area contributed by atoms with Gasteiger partial charge in [-0.05, 0) is 37.5 Å². The molecule has 0 aromatic carbocycles. The van der Waals surface area contributed by atoms with Crippen LogP contribution in [-0.2, 0) is 65.4 Å². The molecule has 0 fully saturated rings. The Morgan fingerprint density at radius 2 is 0.699 bits per heavy atom. The van der Waals surface area contributed by atoms with E-state index in [1.54, 1.807) is 0 Å². The molecule has 0 amide bonds. The normalized spacial score (nSPS) is 15.0. The monoisotopic (exact) mass is 1090 g/mol. The van der Waals surface area contributed by atoms with Gasteiger partial charge in [-0.25, -0.2) is 9.13 Å². The maximum Gasteiger partial charge on any atom is 0.472 e. The number of hydrogen-bond donors (Lipinski definition) is 3. The van der Waals surface area contributed by atoms with Crippen molar-refractivity contribution in [2.24, 2.45) is 11.8 Å². The summed E-state index contributed by atoms with van der Waals surface area (Å²) < 4.78 is 67.2. The molecule has 19 heteroatoms. The minimum atomic E-state index is -4.93. The van der Waals surface area contributed by atoms with Gasteiger partial charge in [0, 0.05) is 25.7 Å². The van der Waals surface area contributed by atoms with Gasteiger partial charge in [-0.15, -0.1) is 0 Å². The highest BCUT2D eigenvalue weighted by atomic mass is 31.2. The van der Waals surface area contributed by atoms with Crippen LogP contribution in [0.2, 0.25) is 0 Å². The Labute approximate surface area is 441 Å². The van der Waals surface area contributed by atoms with Gasteiger partial charge in [-0.3, -0.25) is 37.3 Å². The van der Waals surface area contributed by atoms with Crippen molar-refractivity contribution in [3.63, 3.8) is 0 Å². The fourth-order valence-electron chi connectivity index (χ4n) is 7.73. The van der Waals surface area contributed by atoms with Crippen LogP contribution in [0.5, 0.6) is 0 Å². The number of aliphatic hydroxyl groups excluding tert-OH is 1. The summed E-state index contributed by atoms with van der Waals surface area (Å²) >= 11 is 0. The Hall–Kier alpha value is -1.94. The highest BCUT2D eigenvalue weighted by Crippen LogP contribution is 2.45. The van der Waals surface area contributed by atoms with Crippen LogP contribution in [0, 0.1) is 11.8 Å². The van der Waals surface area contributed by atoms with Gasteiger partial charge in [0.15, 0.2) is 12.2 Å².